The molecule has 1 saturated carbocycles. The maximum absolute atomic E-state index is 14.7. The first-order valence-electron chi connectivity index (χ1n) is 16.1. The number of carbonyl (C=O) groups is 3. The molecule has 1 saturated heterocycles. The Hall–Kier alpha value is -4.15. The highest BCUT2D eigenvalue weighted by atomic mass is 35.5. The molecule has 47 heavy (non-hydrogen) atoms. The van der Waals surface area contributed by atoms with Crippen molar-refractivity contribution >= 4 is 52.7 Å². The van der Waals surface area contributed by atoms with Crippen molar-refractivity contribution in [3.63, 3.8) is 0 Å². The number of alkyl halides is 1. The minimum atomic E-state index is -1.36. The molecule has 3 aromatic rings. The normalized spacial score (nSPS) is 20.3. The van der Waals surface area contributed by atoms with Crippen LogP contribution in [0.1, 0.15) is 72.2 Å². The molecular formula is C36H40ClF2N5O3. The summed E-state index contributed by atoms with van der Waals surface area (Å²) in [5.74, 6) is -1.42. The van der Waals surface area contributed by atoms with E-state index >= 15 is 0 Å². The smallest absolute Gasteiger partial charge is 0.270 e. The predicted molar refractivity (Wildman–Crippen MR) is 181 cm³/mol. The number of benzene rings is 2. The van der Waals surface area contributed by atoms with Crippen molar-refractivity contribution in [1.29, 1.82) is 0 Å². The second-order valence-electron chi connectivity index (χ2n) is 12.4. The number of carbonyl (C=O) groups excluding carboxylic acids is 3. The molecule has 8 nitrogen and oxygen atoms in total. The molecule has 0 bridgehead atoms. The summed E-state index contributed by atoms with van der Waals surface area (Å²) >= 11 is 0. The first-order chi connectivity index (χ1) is 22.2. The molecule has 0 unspecified atom stereocenters. The highest BCUT2D eigenvalue weighted by Crippen LogP contribution is 2.33. The fourth-order valence-corrected chi connectivity index (χ4v) is 6.12. The number of fused-ring (bicyclic) bond motifs is 1. The van der Waals surface area contributed by atoms with Gasteiger partial charge in [0.25, 0.3) is 5.91 Å². The lowest BCUT2D eigenvalue weighted by atomic mass is 9.94. The summed E-state index contributed by atoms with van der Waals surface area (Å²) in [6, 6.07) is 12.0. The van der Waals surface area contributed by atoms with Gasteiger partial charge in [-0.15, -0.1) is 12.4 Å². The number of hydrogen-bond acceptors (Lipinski definition) is 5. The first kappa shape index (κ1) is 34.2. The minimum absolute atomic E-state index is 0. The summed E-state index contributed by atoms with van der Waals surface area (Å²) in [6.07, 6.45) is 9.59. The lowest BCUT2D eigenvalue weighted by Gasteiger charge is -2.26. The Bertz CT molecular complexity index is 1710. The van der Waals surface area contributed by atoms with Gasteiger partial charge in [-0.25, -0.2) is 13.8 Å². The number of amides is 3. The van der Waals surface area contributed by atoms with Crippen molar-refractivity contribution in [2.45, 2.75) is 57.3 Å². The van der Waals surface area contributed by atoms with Gasteiger partial charge in [0.05, 0.1) is 24.6 Å². The largest absolute Gasteiger partial charge is 0.348 e. The van der Waals surface area contributed by atoms with E-state index in [1.165, 1.54) is 47.6 Å². The number of nitrogens with one attached hydrogen (secondary N) is 3. The average molecular weight is 664 g/mol. The second kappa shape index (κ2) is 15.2. The van der Waals surface area contributed by atoms with Gasteiger partial charge in [-0.05, 0) is 97.7 Å². The van der Waals surface area contributed by atoms with Crippen LogP contribution in [-0.4, -0.2) is 66.0 Å². The lowest BCUT2D eigenvalue weighted by Crippen LogP contribution is -2.49. The van der Waals surface area contributed by atoms with Crippen LogP contribution >= 0.6 is 12.4 Å². The number of halogens is 3. The highest BCUT2D eigenvalue weighted by molar-refractivity contribution is 5.97. The van der Waals surface area contributed by atoms with Crippen LogP contribution in [0.2, 0.25) is 0 Å². The minimum Gasteiger partial charge on any atom is -0.348 e. The molecule has 0 spiro atoms. The molecule has 2 aliphatic heterocycles. The van der Waals surface area contributed by atoms with Gasteiger partial charge in [0.2, 0.25) is 11.8 Å². The average Bonchev–Trinajstić information content (AvgIpc) is 3.85. The maximum Gasteiger partial charge on any atom is 0.270 e. The van der Waals surface area contributed by atoms with Crippen molar-refractivity contribution in [2.75, 3.05) is 26.2 Å². The van der Waals surface area contributed by atoms with Crippen molar-refractivity contribution in [2.24, 2.45) is 5.92 Å². The second-order valence-corrected chi connectivity index (χ2v) is 12.4. The Morgan fingerprint density at radius 2 is 1.96 bits per heavy atom. The van der Waals surface area contributed by atoms with E-state index in [1.807, 2.05) is 6.92 Å². The molecule has 248 valence electrons. The Labute approximate surface area is 279 Å². The topological polar surface area (TPSA) is 103 Å². The zero-order valence-corrected chi connectivity index (χ0v) is 27.1. The van der Waals surface area contributed by atoms with Crippen LogP contribution in [0, 0.1) is 11.7 Å². The molecule has 3 N–H and O–H groups in total. The number of allylic oxidation sites excluding steroid dienone is 2. The number of rotatable bonds is 9. The van der Waals surface area contributed by atoms with Crippen molar-refractivity contribution < 1.29 is 23.2 Å². The first-order valence-corrected chi connectivity index (χ1v) is 16.1. The monoisotopic (exact) mass is 663 g/mol. The van der Waals surface area contributed by atoms with Gasteiger partial charge in [0, 0.05) is 18.4 Å². The molecule has 2 aromatic carbocycles. The summed E-state index contributed by atoms with van der Waals surface area (Å²) in [5, 5.41) is 9.58. The Kier molecular flexibility index (Phi) is 11.0. The molecule has 2 fully saturated rings. The van der Waals surface area contributed by atoms with Gasteiger partial charge < -0.3 is 20.9 Å². The molecule has 6 rings (SSSR count). The van der Waals surface area contributed by atoms with Gasteiger partial charge in [-0.2, -0.15) is 0 Å². The van der Waals surface area contributed by atoms with Crippen LogP contribution in [0.15, 0.2) is 60.7 Å². The van der Waals surface area contributed by atoms with E-state index in [1.54, 1.807) is 6.07 Å². The third kappa shape index (κ3) is 8.42. The number of hydrogen-bond donors (Lipinski definition) is 3. The van der Waals surface area contributed by atoms with Gasteiger partial charge in [0.1, 0.15) is 23.7 Å². The SMILES string of the molecule is C[C@H](NC(=O)[C@@H]1C[C@@H](F)CN1C(=O)CNC(=O)c1ccc2cc(F)ccc2n1)c1cc(C2=CCCCNC2)ccc1/C=C/C1CC1.Cl. The van der Waals surface area contributed by atoms with Crippen molar-refractivity contribution in [3.8, 4) is 0 Å². The van der Waals surface area contributed by atoms with Crippen LogP contribution in [0.25, 0.3) is 22.6 Å². The van der Waals surface area contributed by atoms with E-state index in [0.717, 1.165) is 42.6 Å². The number of likely N-dealkylation sites (tertiary alicyclic amines) is 1. The summed E-state index contributed by atoms with van der Waals surface area (Å²) in [4.78, 5) is 45.0. The molecular weight excluding hydrogens is 624 g/mol. The molecule has 1 aliphatic carbocycles. The van der Waals surface area contributed by atoms with E-state index in [-0.39, 0.29) is 31.1 Å². The molecule has 3 heterocycles. The van der Waals surface area contributed by atoms with Gasteiger partial charge in [-0.1, -0.05) is 36.4 Å². The lowest BCUT2D eigenvalue weighted by molar-refractivity contribution is -0.138. The fraction of sp³-hybridized carbons (Fsp3) is 0.389. The maximum atomic E-state index is 14.7. The third-order valence-corrected chi connectivity index (χ3v) is 8.87. The van der Waals surface area contributed by atoms with Crippen LogP contribution in [0.3, 0.4) is 0 Å². The number of aromatic nitrogens is 1. The summed E-state index contributed by atoms with van der Waals surface area (Å²) in [7, 11) is 0. The van der Waals surface area contributed by atoms with E-state index in [2.05, 4.69) is 57.4 Å². The molecule has 0 radical (unpaired) electrons. The van der Waals surface area contributed by atoms with E-state index in [4.69, 9.17) is 0 Å². The van der Waals surface area contributed by atoms with Crippen LogP contribution in [0.4, 0.5) is 8.78 Å². The standard InChI is InChI=1S/C36H39F2N5O3.ClH/c1-22(30-17-25(27-4-2-3-15-39-19-27)10-9-24(30)8-7-23-5-6-23)41-36(46)33-18-29(38)21-43(33)34(44)20-40-35(45)32-13-11-26-16-28(37)12-14-31(26)42-32;/h4,7-14,16-17,22-23,29,33,39H,2-3,5-6,15,18-21H2,1H3,(H,40,45)(H,41,46);1H/b8-7+;/t22-,29+,33-;/m0./s1. The summed E-state index contributed by atoms with van der Waals surface area (Å²) < 4.78 is 28.2. The summed E-state index contributed by atoms with van der Waals surface area (Å²) in [5.41, 5.74) is 4.79. The molecule has 1 aromatic heterocycles. The van der Waals surface area contributed by atoms with Crippen molar-refractivity contribution in [1.82, 2.24) is 25.8 Å². The van der Waals surface area contributed by atoms with Crippen molar-refractivity contribution in [3.05, 3.63) is 88.9 Å². The zero-order valence-electron chi connectivity index (χ0n) is 26.3. The van der Waals surface area contributed by atoms with E-state index < -0.39 is 48.3 Å². The zero-order chi connectivity index (χ0) is 32.2. The van der Waals surface area contributed by atoms with Gasteiger partial charge in [0.15, 0.2) is 0 Å². The third-order valence-electron chi connectivity index (χ3n) is 8.87. The molecule has 3 aliphatic rings. The van der Waals surface area contributed by atoms with E-state index in [0.29, 0.717) is 16.8 Å². The van der Waals surface area contributed by atoms with Crippen LogP contribution in [0.5, 0.6) is 0 Å². The highest BCUT2D eigenvalue weighted by Gasteiger charge is 2.40. The quantitative estimate of drug-likeness (QED) is 0.279. The number of pyridine rings is 1. The molecule has 3 atom stereocenters. The predicted octanol–water partition coefficient (Wildman–Crippen LogP) is 5.53. The summed E-state index contributed by atoms with van der Waals surface area (Å²) in [6.45, 7) is 3.01. The van der Waals surface area contributed by atoms with E-state index in [9.17, 15) is 23.2 Å². The van der Waals surface area contributed by atoms with Gasteiger partial charge in [-0.3, -0.25) is 14.4 Å². The Morgan fingerprint density at radius 1 is 1.13 bits per heavy atom. The van der Waals surface area contributed by atoms with Crippen LogP contribution in [-0.2, 0) is 9.59 Å². The molecule has 3 amide bonds. The fourth-order valence-electron chi connectivity index (χ4n) is 6.12. The van der Waals surface area contributed by atoms with Gasteiger partial charge >= 0.3 is 0 Å². The number of nitrogens with zero attached hydrogens (tertiary/aromatic N) is 2. The Balaban J connectivity index is 0.00000433. The molecule has 11 heteroatoms. The Morgan fingerprint density at radius 3 is 2.77 bits per heavy atom. The van der Waals surface area contributed by atoms with Crippen LogP contribution < -0.4 is 16.0 Å².